The highest BCUT2D eigenvalue weighted by atomic mass is 32.2. The van der Waals surface area contributed by atoms with Crippen molar-refractivity contribution < 1.29 is 4.79 Å². The minimum absolute atomic E-state index is 0.0378. The normalized spacial score (nSPS) is 14.6. The number of amides is 1. The molecule has 0 unspecified atom stereocenters. The zero-order valence-electron chi connectivity index (χ0n) is 16.1. The summed E-state index contributed by atoms with van der Waals surface area (Å²) in [7, 11) is 0. The molecule has 3 heterocycles. The van der Waals surface area contributed by atoms with Crippen LogP contribution in [0, 0.1) is 5.92 Å². The number of nitrogens with one attached hydrogen (secondary N) is 1. The van der Waals surface area contributed by atoms with Gasteiger partial charge in [-0.25, -0.2) is 0 Å². The van der Waals surface area contributed by atoms with Crippen LogP contribution in [-0.4, -0.2) is 34.2 Å². The molecule has 1 amide bonds. The summed E-state index contributed by atoms with van der Waals surface area (Å²) in [6, 6.07) is 19.9. The zero-order chi connectivity index (χ0) is 19.9. The SMILES string of the molecule is O=C(NCc1ccccn1)C1CCN(c2ccc(Sc3ccccc3)nn2)CC1. The maximum Gasteiger partial charge on any atom is 0.223 e. The Hall–Kier alpha value is -2.93. The number of carbonyl (C=O) groups excluding carboxylic acids is 1. The lowest BCUT2D eigenvalue weighted by Gasteiger charge is -2.31. The first-order chi connectivity index (χ1) is 14.3. The molecule has 1 aliphatic heterocycles. The number of aromatic nitrogens is 3. The molecule has 1 saturated heterocycles. The zero-order valence-corrected chi connectivity index (χ0v) is 16.9. The molecule has 0 saturated carbocycles. The number of hydrogen-bond donors (Lipinski definition) is 1. The van der Waals surface area contributed by atoms with Crippen LogP contribution in [0.25, 0.3) is 0 Å². The number of hydrogen-bond acceptors (Lipinski definition) is 6. The molecule has 6 nitrogen and oxygen atoms in total. The van der Waals surface area contributed by atoms with Crippen molar-refractivity contribution in [3.8, 4) is 0 Å². The topological polar surface area (TPSA) is 71.0 Å². The van der Waals surface area contributed by atoms with Gasteiger partial charge in [0.25, 0.3) is 0 Å². The molecule has 3 aromatic rings. The van der Waals surface area contributed by atoms with Gasteiger partial charge in [0.15, 0.2) is 5.82 Å². The van der Waals surface area contributed by atoms with Crippen LogP contribution < -0.4 is 10.2 Å². The third kappa shape index (κ3) is 5.32. The van der Waals surface area contributed by atoms with E-state index in [1.165, 1.54) is 0 Å². The van der Waals surface area contributed by atoms with E-state index in [4.69, 9.17) is 0 Å². The van der Waals surface area contributed by atoms with Crippen molar-refractivity contribution >= 4 is 23.5 Å². The molecule has 1 fully saturated rings. The summed E-state index contributed by atoms with van der Waals surface area (Å²) in [5.74, 6) is 1.02. The third-order valence-electron chi connectivity index (χ3n) is 4.95. The van der Waals surface area contributed by atoms with Gasteiger partial charge < -0.3 is 10.2 Å². The second-order valence-electron chi connectivity index (χ2n) is 6.95. The van der Waals surface area contributed by atoms with Crippen LogP contribution in [0.1, 0.15) is 18.5 Å². The quantitative estimate of drug-likeness (QED) is 0.676. The summed E-state index contributed by atoms with van der Waals surface area (Å²) in [4.78, 5) is 20.0. The van der Waals surface area contributed by atoms with Gasteiger partial charge in [0.2, 0.25) is 5.91 Å². The summed E-state index contributed by atoms with van der Waals surface area (Å²) < 4.78 is 0. The van der Waals surface area contributed by atoms with Gasteiger partial charge in [0, 0.05) is 30.1 Å². The van der Waals surface area contributed by atoms with Crippen LogP contribution in [0.15, 0.2) is 76.8 Å². The molecule has 0 radical (unpaired) electrons. The van der Waals surface area contributed by atoms with Crippen molar-refractivity contribution in [2.24, 2.45) is 5.92 Å². The lowest BCUT2D eigenvalue weighted by molar-refractivity contribution is -0.125. The van der Waals surface area contributed by atoms with Gasteiger partial charge in [-0.15, -0.1) is 10.2 Å². The molecule has 7 heteroatoms. The molecule has 2 aromatic heterocycles. The van der Waals surface area contributed by atoms with Crippen LogP contribution in [0.2, 0.25) is 0 Å². The van der Waals surface area contributed by atoms with E-state index in [0.29, 0.717) is 6.54 Å². The fraction of sp³-hybridized carbons (Fsp3) is 0.273. The van der Waals surface area contributed by atoms with Gasteiger partial charge >= 0.3 is 0 Å². The number of benzene rings is 1. The average Bonchev–Trinajstić information content (AvgIpc) is 2.79. The van der Waals surface area contributed by atoms with E-state index in [1.807, 2.05) is 48.5 Å². The highest BCUT2D eigenvalue weighted by molar-refractivity contribution is 7.99. The summed E-state index contributed by atoms with van der Waals surface area (Å²) >= 11 is 1.60. The van der Waals surface area contributed by atoms with Crippen LogP contribution >= 0.6 is 11.8 Å². The molecule has 1 aromatic carbocycles. The van der Waals surface area contributed by atoms with Crippen molar-refractivity contribution in [2.45, 2.75) is 29.3 Å². The second kappa shape index (κ2) is 9.52. The van der Waals surface area contributed by atoms with E-state index in [9.17, 15) is 4.79 Å². The van der Waals surface area contributed by atoms with Crippen molar-refractivity contribution in [3.05, 3.63) is 72.6 Å². The van der Waals surface area contributed by atoms with Gasteiger partial charge in [-0.05, 0) is 49.2 Å². The Morgan fingerprint density at radius 2 is 1.79 bits per heavy atom. The molecule has 4 rings (SSSR count). The van der Waals surface area contributed by atoms with Crippen molar-refractivity contribution in [1.82, 2.24) is 20.5 Å². The van der Waals surface area contributed by atoms with Crippen molar-refractivity contribution in [1.29, 1.82) is 0 Å². The number of anilines is 1. The van der Waals surface area contributed by atoms with E-state index in [1.54, 1.807) is 18.0 Å². The molecule has 0 bridgehead atoms. The summed E-state index contributed by atoms with van der Waals surface area (Å²) in [5, 5.41) is 12.6. The first kappa shape index (κ1) is 19.4. The fourth-order valence-electron chi connectivity index (χ4n) is 3.34. The van der Waals surface area contributed by atoms with Crippen molar-refractivity contribution in [2.75, 3.05) is 18.0 Å². The summed E-state index contributed by atoms with van der Waals surface area (Å²) in [6.07, 6.45) is 3.37. The lowest BCUT2D eigenvalue weighted by Crippen LogP contribution is -2.40. The minimum Gasteiger partial charge on any atom is -0.355 e. The third-order valence-corrected chi connectivity index (χ3v) is 5.89. The Labute approximate surface area is 174 Å². The molecule has 0 aliphatic carbocycles. The molecular formula is C22H23N5OS. The largest absolute Gasteiger partial charge is 0.355 e. The minimum atomic E-state index is 0.0378. The highest BCUT2D eigenvalue weighted by Crippen LogP contribution is 2.27. The Bertz CT molecular complexity index is 913. The monoisotopic (exact) mass is 405 g/mol. The number of piperidine rings is 1. The standard InChI is InChI=1S/C22H23N5OS/c28-22(24-16-18-6-4-5-13-23-18)17-11-14-27(15-12-17)20-9-10-21(26-25-20)29-19-7-2-1-3-8-19/h1-10,13,17H,11-12,14-16H2,(H,24,28). The molecule has 148 valence electrons. The maximum atomic E-state index is 12.4. The first-order valence-corrected chi connectivity index (χ1v) is 10.6. The Morgan fingerprint density at radius 1 is 1.00 bits per heavy atom. The highest BCUT2D eigenvalue weighted by Gasteiger charge is 2.25. The number of carbonyl (C=O) groups is 1. The van der Waals surface area contributed by atoms with Gasteiger partial charge in [-0.3, -0.25) is 9.78 Å². The molecule has 29 heavy (non-hydrogen) atoms. The van der Waals surface area contributed by atoms with E-state index in [2.05, 4.69) is 37.5 Å². The Balaban J connectivity index is 1.26. The maximum absolute atomic E-state index is 12.4. The Kier molecular flexibility index (Phi) is 6.36. The van der Waals surface area contributed by atoms with E-state index < -0.39 is 0 Å². The molecular weight excluding hydrogens is 382 g/mol. The van der Waals surface area contributed by atoms with Gasteiger partial charge in [-0.2, -0.15) is 0 Å². The second-order valence-corrected chi connectivity index (χ2v) is 8.04. The predicted octanol–water partition coefficient (Wildman–Crippen LogP) is 3.56. The predicted molar refractivity (Wildman–Crippen MR) is 114 cm³/mol. The van der Waals surface area contributed by atoms with Crippen LogP contribution in [0.4, 0.5) is 5.82 Å². The smallest absolute Gasteiger partial charge is 0.223 e. The van der Waals surface area contributed by atoms with Crippen LogP contribution in [0.3, 0.4) is 0 Å². The van der Waals surface area contributed by atoms with Crippen LogP contribution in [0.5, 0.6) is 0 Å². The van der Waals surface area contributed by atoms with E-state index in [0.717, 1.165) is 47.4 Å². The summed E-state index contributed by atoms with van der Waals surface area (Å²) in [5.41, 5.74) is 0.877. The van der Waals surface area contributed by atoms with Gasteiger partial charge in [0.05, 0.1) is 12.2 Å². The van der Waals surface area contributed by atoms with Crippen LogP contribution in [-0.2, 0) is 11.3 Å². The molecule has 0 atom stereocenters. The lowest BCUT2D eigenvalue weighted by atomic mass is 9.96. The number of pyridine rings is 1. The van der Waals surface area contributed by atoms with E-state index in [-0.39, 0.29) is 11.8 Å². The van der Waals surface area contributed by atoms with Gasteiger partial charge in [0.1, 0.15) is 5.03 Å². The number of nitrogens with zero attached hydrogens (tertiary/aromatic N) is 4. The Morgan fingerprint density at radius 3 is 2.48 bits per heavy atom. The molecule has 1 aliphatic rings. The van der Waals surface area contributed by atoms with Crippen molar-refractivity contribution in [3.63, 3.8) is 0 Å². The molecule has 1 N–H and O–H groups in total. The molecule has 0 spiro atoms. The fourth-order valence-corrected chi connectivity index (χ4v) is 4.09. The van der Waals surface area contributed by atoms with E-state index >= 15 is 0 Å². The number of rotatable bonds is 6. The summed E-state index contributed by atoms with van der Waals surface area (Å²) in [6.45, 7) is 2.09. The first-order valence-electron chi connectivity index (χ1n) is 9.77. The average molecular weight is 406 g/mol. The van der Waals surface area contributed by atoms with Gasteiger partial charge in [-0.1, -0.05) is 36.0 Å².